The molecule has 2 aromatic rings. The first-order valence-electron chi connectivity index (χ1n) is 6.56. The van der Waals surface area contributed by atoms with E-state index in [0.717, 1.165) is 12.1 Å². The lowest BCUT2D eigenvalue weighted by atomic mass is 10.1. The fourth-order valence-corrected chi connectivity index (χ4v) is 1.92. The fraction of sp³-hybridized carbons (Fsp3) is 0.188. The number of halogens is 2. The molecule has 0 aliphatic carbocycles. The molecule has 1 amide bonds. The summed E-state index contributed by atoms with van der Waals surface area (Å²) in [5.74, 6) is -1.86. The van der Waals surface area contributed by atoms with Crippen LogP contribution in [0.2, 0.25) is 0 Å². The molecule has 6 heteroatoms. The number of ether oxygens (including phenoxy) is 1. The van der Waals surface area contributed by atoms with Crippen LogP contribution in [0.15, 0.2) is 42.5 Å². The Kier molecular flexibility index (Phi) is 5.06. The highest BCUT2D eigenvalue weighted by atomic mass is 19.1. The van der Waals surface area contributed by atoms with E-state index in [1.807, 2.05) is 0 Å². The fourth-order valence-electron chi connectivity index (χ4n) is 1.92. The molecule has 2 rings (SSSR count). The van der Waals surface area contributed by atoms with E-state index in [-0.39, 0.29) is 12.1 Å². The summed E-state index contributed by atoms with van der Waals surface area (Å²) < 4.78 is 31.3. The number of hydrogen-bond acceptors (Lipinski definition) is 3. The van der Waals surface area contributed by atoms with E-state index in [9.17, 15) is 18.7 Å². The highest BCUT2D eigenvalue weighted by Gasteiger charge is 2.15. The molecule has 0 saturated carbocycles. The molecule has 22 heavy (non-hydrogen) atoms. The van der Waals surface area contributed by atoms with Gasteiger partial charge in [-0.15, -0.1) is 0 Å². The minimum absolute atomic E-state index is 0.108. The first-order chi connectivity index (χ1) is 10.5. The molecule has 1 unspecified atom stereocenters. The lowest BCUT2D eigenvalue weighted by Crippen LogP contribution is -2.29. The summed E-state index contributed by atoms with van der Waals surface area (Å²) in [5.41, 5.74) is 0.276. The highest BCUT2D eigenvalue weighted by molar-refractivity contribution is 5.94. The highest BCUT2D eigenvalue weighted by Crippen LogP contribution is 2.18. The first-order valence-corrected chi connectivity index (χ1v) is 6.56. The maximum Gasteiger partial charge on any atom is 0.254 e. The lowest BCUT2D eigenvalue weighted by molar-refractivity contribution is 0.0912. The van der Waals surface area contributed by atoms with Gasteiger partial charge in [0, 0.05) is 12.6 Å². The van der Waals surface area contributed by atoms with Crippen molar-refractivity contribution in [3.8, 4) is 5.75 Å². The predicted octanol–water partition coefficient (Wildman–Crippen LogP) is 2.44. The van der Waals surface area contributed by atoms with Crippen LogP contribution in [-0.2, 0) is 0 Å². The van der Waals surface area contributed by atoms with Gasteiger partial charge >= 0.3 is 0 Å². The van der Waals surface area contributed by atoms with Crippen molar-refractivity contribution in [2.24, 2.45) is 0 Å². The van der Waals surface area contributed by atoms with E-state index in [0.29, 0.717) is 17.4 Å². The minimum Gasteiger partial charge on any atom is -0.497 e. The van der Waals surface area contributed by atoms with Crippen LogP contribution in [0.1, 0.15) is 22.0 Å². The van der Waals surface area contributed by atoms with Crippen molar-refractivity contribution in [3.63, 3.8) is 0 Å². The van der Waals surface area contributed by atoms with E-state index in [4.69, 9.17) is 4.74 Å². The van der Waals surface area contributed by atoms with Crippen LogP contribution in [-0.4, -0.2) is 24.7 Å². The van der Waals surface area contributed by atoms with Crippen LogP contribution in [0.4, 0.5) is 8.78 Å². The Morgan fingerprint density at radius 1 is 1.27 bits per heavy atom. The maximum absolute atomic E-state index is 13.5. The summed E-state index contributed by atoms with van der Waals surface area (Å²) in [6.45, 7) is -0.108. The van der Waals surface area contributed by atoms with Gasteiger partial charge in [-0.25, -0.2) is 8.78 Å². The summed E-state index contributed by atoms with van der Waals surface area (Å²) >= 11 is 0. The molecule has 0 saturated heterocycles. The topological polar surface area (TPSA) is 58.6 Å². The van der Waals surface area contributed by atoms with Crippen molar-refractivity contribution < 1.29 is 23.4 Å². The van der Waals surface area contributed by atoms with Crippen LogP contribution in [0.25, 0.3) is 0 Å². The zero-order valence-corrected chi connectivity index (χ0v) is 11.8. The van der Waals surface area contributed by atoms with Gasteiger partial charge < -0.3 is 15.2 Å². The molecule has 0 heterocycles. The van der Waals surface area contributed by atoms with Crippen molar-refractivity contribution in [2.45, 2.75) is 6.10 Å². The van der Waals surface area contributed by atoms with Crippen molar-refractivity contribution in [1.29, 1.82) is 0 Å². The summed E-state index contributed by atoms with van der Waals surface area (Å²) in [6, 6.07) is 9.43. The van der Waals surface area contributed by atoms with Gasteiger partial charge in [0.05, 0.1) is 18.8 Å². The second-order valence-corrected chi connectivity index (χ2v) is 4.63. The summed E-state index contributed by atoms with van der Waals surface area (Å²) in [6.07, 6.45) is -0.970. The quantitative estimate of drug-likeness (QED) is 0.892. The van der Waals surface area contributed by atoms with Gasteiger partial charge in [0.25, 0.3) is 5.91 Å². The molecule has 2 N–H and O–H groups in total. The normalized spacial score (nSPS) is 11.8. The molecule has 0 aromatic heterocycles. The molecule has 0 bridgehead atoms. The summed E-state index contributed by atoms with van der Waals surface area (Å²) in [5, 5.41) is 12.4. The number of carbonyl (C=O) groups excluding carboxylic acids is 1. The second kappa shape index (κ2) is 7.00. The molecular formula is C16H15F2NO3. The number of amides is 1. The number of carbonyl (C=O) groups is 1. The maximum atomic E-state index is 13.5. The van der Waals surface area contributed by atoms with Gasteiger partial charge in [-0.1, -0.05) is 12.1 Å². The first kappa shape index (κ1) is 15.9. The van der Waals surface area contributed by atoms with Gasteiger partial charge in [0.2, 0.25) is 0 Å². The largest absolute Gasteiger partial charge is 0.497 e. The van der Waals surface area contributed by atoms with Crippen molar-refractivity contribution in [1.82, 2.24) is 5.32 Å². The zero-order chi connectivity index (χ0) is 16.1. The molecule has 0 fully saturated rings. The Balaban J connectivity index is 2.00. The third-order valence-corrected chi connectivity index (χ3v) is 3.11. The molecule has 0 radical (unpaired) electrons. The van der Waals surface area contributed by atoms with Crippen LogP contribution in [0.5, 0.6) is 5.75 Å². The SMILES string of the molecule is COc1cccc(C(O)CNC(=O)c2ccc(F)cc2F)c1. The third-order valence-electron chi connectivity index (χ3n) is 3.11. The van der Waals surface area contributed by atoms with Gasteiger partial charge in [0.15, 0.2) is 0 Å². The van der Waals surface area contributed by atoms with Gasteiger partial charge in [-0.3, -0.25) is 4.79 Å². The molecule has 0 aliphatic heterocycles. The van der Waals surface area contributed by atoms with E-state index in [1.54, 1.807) is 24.3 Å². The van der Waals surface area contributed by atoms with Crippen LogP contribution in [0, 0.1) is 11.6 Å². The Morgan fingerprint density at radius 2 is 2.05 bits per heavy atom. The molecule has 1 atom stereocenters. The smallest absolute Gasteiger partial charge is 0.254 e. The van der Waals surface area contributed by atoms with E-state index in [1.165, 1.54) is 7.11 Å². The third kappa shape index (κ3) is 3.79. The number of methoxy groups -OCH3 is 1. The average Bonchev–Trinajstić information content (AvgIpc) is 2.52. The molecule has 4 nitrogen and oxygen atoms in total. The Bertz CT molecular complexity index is 676. The number of hydrogen-bond donors (Lipinski definition) is 2. The van der Waals surface area contributed by atoms with E-state index >= 15 is 0 Å². The molecule has 2 aromatic carbocycles. The molecule has 116 valence electrons. The minimum atomic E-state index is -0.970. The predicted molar refractivity (Wildman–Crippen MR) is 76.6 cm³/mol. The Labute approximate surface area is 126 Å². The number of nitrogens with one attached hydrogen (secondary N) is 1. The van der Waals surface area contributed by atoms with Crippen molar-refractivity contribution >= 4 is 5.91 Å². The molecule has 0 aliphatic rings. The number of aliphatic hydroxyl groups is 1. The monoisotopic (exact) mass is 307 g/mol. The van der Waals surface area contributed by atoms with Gasteiger partial charge in [-0.2, -0.15) is 0 Å². The number of benzene rings is 2. The molecule has 0 spiro atoms. The van der Waals surface area contributed by atoms with Gasteiger partial charge in [-0.05, 0) is 29.8 Å². The van der Waals surface area contributed by atoms with Crippen molar-refractivity contribution in [2.75, 3.05) is 13.7 Å². The summed E-state index contributed by atoms with van der Waals surface area (Å²) in [7, 11) is 1.50. The average molecular weight is 307 g/mol. The Hall–Kier alpha value is -2.47. The number of rotatable bonds is 5. The summed E-state index contributed by atoms with van der Waals surface area (Å²) in [4.78, 5) is 11.8. The van der Waals surface area contributed by atoms with Gasteiger partial charge in [0.1, 0.15) is 17.4 Å². The Morgan fingerprint density at radius 3 is 2.73 bits per heavy atom. The van der Waals surface area contributed by atoms with Crippen LogP contribution in [0.3, 0.4) is 0 Å². The zero-order valence-electron chi connectivity index (χ0n) is 11.8. The van der Waals surface area contributed by atoms with Crippen LogP contribution >= 0.6 is 0 Å². The lowest BCUT2D eigenvalue weighted by Gasteiger charge is -2.13. The van der Waals surface area contributed by atoms with E-state index in [2.05, 4.69) is 5.32 Å². The standard InChI is InChI=1S/C16H15F2NO3/c1-22-12-4-2-3-10(7-12)15(20)9-19-16(21)13-6-5-11(17)8-14(13)18/h2-8,15,20H,9H2,1H3,(H,19,21). The van der Waals surface area contributed by atoms with E-state index < -0.39 is 23.6 Å². The second-order valence-electron chi connectivity index (χ2n) is 4.63. The van der Waals surface area contributed by atoms with Crippen molar-refractivity contribution in [3.05, 3.63) is 65.2 Å². The number of aliphatic hydroxyl groups excluding tert-OH is 1. The van der Waals surface area contributed by atoms with Crippen LogP contribution < -0.4 is 10.1 Å². The molecular weight excluding hydrogens is 292 g/mol.